The van der Waals surface area contributed by atoms with Gasteiger partial charge in [-0.15, -0.1) is 11.6 Å². The summed E-state index contributed by atoms with van der Waals surface area (Å²) in [6, 6.07) is 9.41. The van der Waals surface area contributed by atoms with E-state index in [1.165, 1.54) is 18.7 Å². The monoisotopic (exact) mass is 481 g/mol. The Hall–Kier alpha value is -2.70. The first-order chi connectivity index (χ1) is 15.6. The third-order valence-corrected chi connectivity index (χ3v) is 6.90. The van der Waals surface area contributed by atoms with Gasteiger partial charge in [-0.25, -0.2) is 9.98 Å². The van der Waals surface area contributed by atoms with Crippen molar-refractivity contribution < 1.29 is 4.79 Å². The molecule has 3 rings (SSSR count). The third kappa shape index (κ3) is 5.45. The van der Waals surface area contributed by atoms with Crippen LogP contribution in [0.5, 0.6) is 0 Å². The Labute approximate surface area is 204 Å². The van der Waals surface area contributed by atoms with E-state index in [0.29, 0.717) is 26.9 Å². The van der Waals surface area contributed by atoms with E-state index in [4.69, 9.17) is 16.6 Å². The van der Waals surface area contributed by atoms with Gasteiger partial charge in [-0.05, 0) is 52.7 Å². The minimum atomic E-state index is -0.144. The van der Waals surface area contributed by atoms with E-state index in [1.54, 1.807) is 17.8 Å². The van der Waals surface area contributed by atoms with E-state index in [1.807, 2.05) is 57.2 Å². The van der Waals surface area contributed by atoms with E-state index in [9.17, 15) is 9.59 Å². The fraction of sp³-hybridized carbons (Fsp3) is 0.308. The normalized spacial score (nSPS) is 18.8. The number of rotatable bonds is 6. The van der Waals surface area contributed by atoms with E-state index in [2.05, 4.69) is 18.0 Å². The van der Waals surface area contributed by atoms with Gasteiger partial charge in [-0.1, -0.05) is 54.6 Å². The van der Waals surface area contributed by atoms with Crippen LogP contribution in [0.2, 0.25) is 0 Å². The number of allylic oxidation sites excluding steroid dienone is 5. The zero-order valence-electron chi connectivity index (χ0n) is 19.7. The molecule has 0 bridgehead atoms. The minimum Gasteiger partial charge on any atom is -0.295 e. The topological polar surface area (TPSA) is 64.3 Å². The first kappa shape index (κ1) is 24.9. The number of halogens is 1. The highest BCUT2D eigenvalue weighted by Gasteiger charge is 2.32. The fourth-order valence-electron chi connectivity index (χ4n) is 3.35. The summed E-state index contributed by atoms with van der Waals surface area (Å²) in [7, 11) is 0. The Balaban J connectivity index is 2.23. The Bertz CT molecular complexity index is 1250. The Morgan fingerprint density at radius 2 is 1.79 bits per heavy atom. The standard InChI is InChI=1S/C26H28ClN3O2S/c1-15(12-13-16(2)27)17(3)22-23-24(33-25(22)29-19(5)18(4)20(6)31)26(32)30(14-28-23)21-10-8-7-9-11-21/h7-16H,1-6H3/b13-12-,19-18+,22-17+,29-25-. The van der Waals surface area contributed by atoms with Crippen molar-refractivity contribution in [2.75, 3.05) is 0 Å². The predicted molar refractivity (Wildman–Crippen MR) is 138 cm³/mol. The maximum absolute atomic E-state index is 13.4. The lowest BCUT2D eigenvalue weighted by atomic mass is 9.95. The summed E-state index contributed by atoms with van der Waals surface area (Å²) in [5, 5.41) is 0.596. The number of fused-ring (bicyclic) bond motifs is 1. The number of ketones is 1. The summed E-state index contributed by atoms with van der Waals surface area (Å²) in [5.74, 6) is 0.0334. The molecule has 0 N–H and O–H groups in total. The molecular weight excluding hydrogens is 454 g/mol. The Kier molecular flexibility index (Phi) is 7.92. The van der Waals surface area contributed by atoms with E-state index < -0.39 is 0 Å². The van der Waals surface area contributed by atoms with Gasteiger partial charge < -0.3 is 0 Å². The van der Waals surface area contributed by atoms with Gasteiger partial charge in [-0.3, -0.25) is 14.2 Å². The van der Waals surface area contributed by atoms with Crippen LogP contribution in [-0.2, 0) is 4.79 Å². The van der Waals surface area contributed by atoms with Crippen LogP contribution in [0, 0.1) is 5.92 Å². The molecule has 2 atom stereocenters. The number of para-hydroxylation sites is 1. The first-order valence-electron chi connectivity index (χ1n) is 10.8. The lowest BCUT2D eigenvalue weighted by Crippen LogP contribution is -2.20. The molecule has 2 aromatic rings. The highest BCUT2D eigenvalue weighted by Crippen LogP contribution is 2.42. The highest BCUT2D eigenvalue weighted by atomic mass is 35.5. The van der Waals surface area contributed by atoms with Crippen molar-refractivity contribution in [2.24, 2.45) is 10.9 Å². The molecule has 0 saturated carbocycles. The van der Waals surface area contributed by atoms with Crippen LogP contribution in [0.25, 0.3) is 11.3 Å². The van der Waals surface area contributed by atoms with Gasteiger partial charge in [0, 0.05) is 22.2 Å². The Morgan fingerprint density at radius 1 is 1.12 bits per heavy atom. The molecule has 5 nitrogen and oxygen atoms in total. The molecule has 0 saturated heterocycles. The van der Waals surface area contributed by atoms with Crippen LogP contribution >= 0.6 is 23.4 Å². The van der Waals surface area contributed by atoms with Gasteiger partial charge >= 0.3 is 0 Å². The minimum absolute atomic E-state index is 0.0310. The molecule has 1 aliphatic heterocycles. The molecule has 0 radical (unpaired) electrons. The number of hydrogen-bond acceptors (Lipinski definition) is 5. The van der Waals surface area contributed by atoms with Gasteiger partial charge in [0.25, 0.3) is 5.56 Å². The second kappa shape index (κ2) is 10.5. The number of hydrogen-bond donors (Lipinski definition) is 0. The molecule has 33 heavy (non-hydrogen) atoms. The van der Waals surface area contributed by atoms with Crippen LogP contribution in [-0.4, -0.2) is 25.8 Å². The number of alkyl halides is 1. The maximum Gasteiger partial charge on any atom is 0.272 e. The summed E-state index contributed by atoms with van der Waals surface area (Å²) in [4.78, 5) is 35.3. The number of nitrogens with zero attached hydrogens (tertiary/aromatic N) is 3. The number of aliphatic imine (C=N–C) groups is 1. The largest absolute Gasteiger partial charge is 0.295 e. The molecule has 1 aromatic carbocycles. The van der Waals surface area contributed by atoms with Crippen molar-refractivity contribution in [1.29, 1.82) is 0 Å². The molecule has 2 unspecified atom stereocenters. The lowest BCUT2D eigenvalue weighted by molar-refractivity contribution is -0.113. The average molecular weight is 482 g/mol. The molecule has 0 amide bonds. The van der Waals surface area contributed by atoms with E-state index in [-0.39, 0.29) is 22.6 Å². The molecule has 7 heteroatoms. The molecule has 0 fully saturated rings. The summed E-state index contributed by atoms with van der Waals surface area (Å²) in [5.41, 5.74) is 4.32. The summed E-state index contributed by atoms with van der Waals surface area (Å²) >= 11 is 7.41. The first-order valence-corrected chi connectivity index (χ1v) is 12.0. The molecule has 2 heterocycles. The highest BCUT2D eigenvalue weighted by molar-refractivity contribution is 8.15. The van der Waals surface area contributed by atoms with Crippen molar-refractivity contribution in [1.82, 2.24) is 9.55 Å². The number of aromatic nitrogens is 2. The molecule has 172 valence electrons. The van der Waals surface area contributed by atoms with Crippen molar-refractivity contribution in [3.05, 3.63) is 81.7 Å². The van der Waals surface area contributed by atoms with Gasteiger partial charge in [0.2, 0.25) is 0 Å². The number of thioether (sulfide) groups is 1. The van der Waals surface area contributed by atoms with E-state index in [0.717, 1.165) is 16.8 Å². The van der Waals surface area contributed by atoms with Crippen molar-refractivity contribution in [2.45, 2.75) is 51.8 Å². The molecule has 1 aromatic heterocycles. The van der Waals surface area contributed by atoms with Gasteiger partial charge in [-0.2, -0.15) is 0 Å². The molecule has 0 spiro atoms. The second-order valence-electron chi connectivity index (χ2n) is 8.13. The van der Waals surface area contributed by atoms with Crippen LogP contribution in [0.3, 0.4) is 0 Å². The summed E-state index contributed by atoms with van der Waals surface area (Å²) in [6.45, 7) is 11.1. The predicted octanol–water partition coefficient (Wildman–Crippen LogP) is 6.21. The quantitative estimate of drug-likeness (QED) is 0.279. The van der Waals surface area contributed by atoms with Gasteiger partial charge in [0.15, 0.2) is 5.78 Å². The van der Waals surface area contributed by atoms with E-state index >= 15 is 0 Å². The SMILES string of the molecule is CC(=O)/C(C)=C(C)/N=C1\Sc2c(ncn(-c3ccccc3)c2=O)\C1=C(\C)C(C)/C=C\C(C)Cl. The number of benzene rings is 1. The molecule has 0 aliphatic carbocycles. The van der Waals surface area contributed by atoms with Crippen molar-refractivity contribution >= 4 is 39.8 Å². The second-order valence-corrected chi connectivity index (χ2v) is 9.82. The van der Waals surface area contributed by atoms with Crippen LogP contribution in [0.4, 0.5) is 0 Å². The fourth-order valence-corrected chi connectivity index (χ4v) is 4.60. The lowest BCUT2D eigenvalue weighted by Gasteiger charge is -2.13. The number of Topliss-reactive ketones (excluding diaryl/α,β-unsaturated/α-hetero) is 1. The zero-order chi connectivity index (χ0) is 24.3. The smallest absolute Gasteiger partial charge is 0.272 e. The third-order valence-electron chi connectivity index (χ3n) is 5.70. The summed E-state index contributed by atoms with van der Waals surface area (Å²) in [6.07, 6.45) is 5.56. The van der Waals surface area contributed by atoms with Gasteiger partial charge in [0.1, 0.15) is 16.3 Å². The zero-order valence-corrected chi connectivity index (χ0v) is 21.3. The summed E-state index contributed by atoms with van der Waals surface area (Å²) < 4.78 is 1.55. The van der Waals surface area contributed by atoms with Crippen LogP contribution < -0.4 is 5.56 Å². The van der Waals surface area contributed by atoms with Crippen LogP contribution in [0.1, 0.15) is 47.2 Å². The van der Waals surface area contributed by atoms with Gasteiger partial charge in [0.05, 0.1) is 11.4 Å². The van der Waals surface area contributed by atoms with Crippen molar-refractivity contribution in [3.63, 3.8) is 0 Å². The maximum atomic E-state index is 13.4. The molecular formula is C26H28ClN3O2S. The Morgan fingerprint density at radius 3 is 2.39 bits per heavy atom. The van der Waals surface area contributed by atoms with Crippen molar-refractivity contribution in [3.8, 4) is 5.69 Å². The van der Waals surface area contributed by atoms with Crippen LogP contribution in [0.15, 0.2) is 80.3 Å². The number of carbonyl (C=O) groups excluding carboxylic acids is 1. The molecule has 1 aliphatic rings. The number of carbonyl (C=O) groups is 1. The average Bonchev–Trinajstić information content (AvgIpc) is 3.15.